The minimum atomic E-state index is -4.54. The molecule has 0 aromatic carbocycles. The van der Waals surface area contributed by atoms with Crippen molar-refractivity contribution in [1.82, 2.24) is 29.7 Å². The number of hydrogen-bond acceptors (Lipinski definition) is 5. The third kappa shape index (κ3) is 4.71. The molecule has 0 saturated heterocycles. The molecule has 4 aromatic heterocycles. The van der Waals surface area contributed by atoms with Gasteiger partial charge in [-0.05, 0) is 37.9 Å². The number of alkyl halides is 3. The SMILES string of the molecule is CC(C)(c1cccc(-c2[c-]ncnc2)n1)c1cccc(-n2[c-]cc(C(F)(F)F)n2)n1.[Pt+2]. The van der Waals surface area contributed by atoms with Gasteiger partial charge in [0.2, 0.25) is 0 Å². The molecule has 0 N–H and O–H groups in total. The van der Waals surface area contributed by atoms with E-state index >= 15 is 0 Å². The average Bonchev–Trinajstić information content (AvgIpc) is 3.26. The van der Waals surface area contributed by atoms with Crippen molar-refractivity contribution in [3.05, 3.63) is 84.5 Å². The van der Waals surface area contributed by atoms with Crippen LogP contribution in [0, 0.1) is 12.4 Å². The van der Waals surface area contributed by atoms with Gasteiger partial charge in [0.1, 0.15) is 0 Å². The summed E-state index contributed by atoms with van der Waals surface area (Å²) in [6.07, 6.45) is 3.79. The van der Waals surface area contributed by atoms with Crippen molar-refractivity contribution < 1.29 is 34.2 Å². The van der Waals surface area contributed by atoms with E-state index in [1.54, 1.807) is 24.4 Å². The topological polar surface area (TPSA) is 69.4 Å². The fourth-order valence-electron chi connectivity index (χ4n) is 2.89. The molecule has 0 atom stereocenters. The van der Waals surface area contributed by atoms with Crippen LogP contribution in [0.4, 0.5) is 13.2 Å². The molecule has 0 aliphatic carbocycles. The number of rotatable bonds is 4. The van der Waals surface area contributed by atoms with Gasteiger partial charge in [0.05, 0.1) is 11.5 Å². The molecule has 0 aliphatic heterocycles. The van der Waals surface area contributed by atoms with Gasteiger partial charge in [-0.25, -0.2) is 0 Å². The van der Waals surface area contributed by atoms with Gasteiger partial charge in [0.25, 0.3) is 0 Å². The van der Waals surface area contributed by atoms with Crippen LogP contribution in [0.1, 0.15) is 30.9 Å². The first kappa shape index (κ1) is 22.7. The first-order valence-electron chi connectivity index (χ1n) is 8.93. The quantitative estimate of drug-likeness (QED) is 0.330. The summed E-state index contributed by atoms with van der Waals surface area (Å²) in [4.78, 5) is 17.1. The zero-order valence-electron chi connectivity index (χ0n) is 16.3. The number of hydrogen-bond donors (Lipinski definition) is 0. The maximum atomic E-state index is 12.8. The van der Waals surface area contributed by atoms with E-state index in [9.17, 15) is 13.2 Å². The summed E-state index contributed by atoms with van der Waals surface area (Å²) in [5.41, 5.74) is 0.999. The molecule has 0 saturated carbocycles. The smallest absolute Gasteiger partial charge is 0.343 e. The second-order valence-electron chi connectivity index (χ2n) is 7.03. The molecule has 0 unspecified atom stereocenters. The van der Waals surface area contributed by atoms with Crippen LogP contribution in [0.2, 0.25) is 0 Å². The van der Waals surface area contributed by atoms with E-state index in [1.165, 1.54) is 6.33 Å². The van der Waals surface area contributed by atoms with Crippen molar-refractivity contribution in [3.8, 4) is 17.1 Å². The van der Waals surface area contributed by atoms with Gasteiger partial charge in [0, 0.05) is 23.1 Å². The van der Waals surface area contributed by atoms with E-state index < -0.39 is 17.3 Å². The van der Waals surface area contributed by atoms with Crippen LogP contribution in [0.5, 0.6) is 0 Å². The van der Waals surface area contributed by atoms with Crippen molar-refractivity contribution in [3.63, 3.8) is 0 Å². The van der Waals surface area contributed by atoms with Gasteiger partial charge < -0.3 is 19.6 Å². The van der Waals surface area contributed by atoms with Crippen LogP contribution < -0.4 is 0 Å². The standard InChI is InChI=1S/C21H15F3N6.Pt/c1-20(2,16-6-3-5-15(27-16)14-11-25-13-26-12-14)17-7-4-8-19(28-17)30-10-9-18(29-30)21(22,23)24;/h3-9,11,13H,1-2H3;/q-2;+2. The van der Waals surface area contributed by atoms with Crippen LogP contribution >= 0.6 is 0 Å². The molecule has 0 bridgehead atoms. The average molecular weight is 603 g/mol. The molecule has 0 amide bonds. The zero-order valence-corrected chi connectivity index (χ0v) is 18.6. The molecule has 160 valence electrons. The molecule has 0 fully saturated rings. The Morgan fingerprint density at radius 3 is 2.29 bits per heavy atom. The Hall–Kier alpha value is -2.93. The minimum Gasteiger partial charge on any atom is -0.343 e. The third-order valence-electron chi connectivity index (χ3n) is 4.59. The van der Waals surface area contributed by atoms with Crippen molar-refractivity contribution in [1.29, 1.82) is 0 Å². The monoisotopic (exact) mass is 603 g/mol. The van der Waals surface area contributed by atoms with Gasteiger partial charge >= 0.3 is 27.2 Å². The molecular weight excluding hydrogens is 588 g/mol. The van der Waals surface area contributed by atoms with E-state index in [4.69, 9.17) is 4.98 Å². The molecule has 0 aliphatic rings. The van der Waals surface area contributed by atoms with E-state index in [-0.39, 0.29) is 26.9 Å². The van der Waals surface area contributed by atoms with Crippen molar-refractivity contribution in [2.75, 3.05) is 0 Å². The van der Waals surface area contributed by atoms with Crippen LogP contribution in [-0.2, 0) is 32.7 Å². The Bertz CT molecular complexity index is 1170. The largest absolute Gasteiger partial charge is 2.00 e. The summed E-state index contributed by atoms with van der Waals surface area (Å²) >= 11 is 0. The van der Waals surface area contributed by atoms with Crippen molar-refractivity contribution in [2.24, 2.45) is 0 Å². The molecule has 31 heavy (non-hydrogen) atoms. The summed E-state index contributed by atoms with van der Waals surface area (Å²) < 4.78 is 39.5. The number of pyridine rings is 2. The molecule has 6 nitrogen and oxygen atoms in total. The Balaban J connectivity index is 0.00000272. The fourth-order valence-corrected chi connectivity index (χ4v) is 2.89. The zero-order chi connectivity index (χ0) is 21.4. The molecular formula is C21H15F3N6Pt. The number of nitrogens with zero attached hydrogens (tertiary/aromatic N) is 6. The van der Waals surface area contributed by atoms with Gasteiger partial charge in [-0.1, -0.05) is 42.2 Å². The Kier molecular flexibility index (Phi) is 6.36. The summed E-state index contributed by atoms with van der Waals surface area (Å²) in [5, 5.41) is 3.54. The van der Waals surface area contributed by atoms with Crippen molar-refractivity contribution >= 4 is 0 Å². The summed E-state index contributed by atoms with van der Waals surface area (Å²) in [5.74, 6) is 0.233. The van der Waals surface area contributed by atoms with E-state index in [2.05, 4.69) is 32.4 Å². The number of aromatic nitrogens is 6. The van der Waals surface area contributed by atoms with Crippen LogP contribution in [0.3, 0.4) is 0 Å². The van der Waals surface area contributed by atoms with Gasteiger partial charge in [-0.15, -0.1) is 6.07 Å². The van der Waals surface area contributed by atoms with Crippen molar-refractivity contribution in [2.45, 2.75) is 25.4 Å². The molecule has 4 heterocycles. The molecule has 10 heteroatoms. The summed E-state index contributed by atoms with van der Waals surface area (Å²) in [7, 11) is 0. The second-order valence-corrected chi connectivity index (χ2v) is 7.03. The van der Waals surface area contributed by atoms with E-state index in [1.807, 2.05) is 32.0 Å². The van der Waals surface area contributed by atoms with Gasteiger partial charge in [-0.3, -0.25) is 10.1 Å². The van der Waals surface area contributed by atoms with E-state index in [0.29, 0.717) is 17.0 Å². The third-order valence-corrected chi connectivity index (χ3v) is 4.59. The molecule has 0 spiro atoms. The van der Waals surface area contributed by atoms with Crippen LogP contribution in [-0.4, -0.2) is 29.7 Å². The van der Waals surface area contributed by atoms with Crippen LogP contribution in [0.25, 0.3) is 17.1 Å². The molecule has 4 rings (SSSR count). The Labute approximate surface area is 190 Å². The number of halogens is 3. The Morgan fingerprint density at radius 2 is 1.65 bits per heavy atom. The summed E-state index contributed by atoms with van der Waals surface area (Å²) in [6.45, 7) is 3.87. The predicted octanol–water partition coefficient (Wildman–Crippen LogP) is 4.06. The first-order chi connectivity index (χ1) is 14.2. The fraction of sp³-hybridized carbons (Fsp3) is 0.190. The molecule has 0 radical (unpaired) electrons. The van der Waals surface area contributed by atoms with Gasteiger partial charge in [-0.2, -0.15) is 13.2 Å². The maximum absolute atomic E-state index is 12.8. The molecule has 4 aromatic rings. The summed E-state index contributed by atoms with van der Waals surface area (Å²) in [6, 6.07) is 11.4. The first-order valence-corrected chi connectivity index (χ1v) is 8.93. The normalized spacial score (nSPS) is 11.8. The van der Waals surface area contributed by atoms with Gasteiger partial charge in [0.15, 0.2) is 0 Å². The minimum absolute atomic E-state index is 0. The predicted molar refractivity (Wildman–Crippen MR) is 101 cm³/mol. The maximum Gasteiger partial charge on any atom is 2.00 e. The van der Waals surface area contributed by atoms with Crippen LogP contribution in [0.15, 0.2) is 55.0 Å². The van der Waals surface area contributed by atoms with E-state index in [0.717, 1.165) is 16.4 Å². The second kappa shape index (κ2) is 8.67. The Morgan fingerprint density at radius 1 is 0.935 bits per heavy atom.